The molecule has 0 saturated carbocycles. The van der Waals surface area contributed by atoms with Crippen LogP contribution in [0.3, 0.4) is 0 Å². The third-order valence-corrected chi connectivity index (χ3v) is 3.88. The van der Waals surface area contributed by atoms with Crippen LogP contribution in [0.2, 0.25) is 0 Å². The van der Waals surface area contributed by atoms with E-state index < -0.39 is 0 Å². The Labute approximate surface area is 125 Å². The van der Waals surface area contributed by atoms with Crippen molar-refractivity contribution < 1.29 is 4.74 Å². The molecule has 108 valence electrons. The highest BCUT2D eigenvalue weighted by Crippen LogP contribution is 2.13. The molecule has 0 aliphatic rings. The second-order valence-electron chi connectivity index (χ2n) is 4.81. The fourth-order valence-electron chi connectivity index (χ4n) is 1.83. The van der Waals surface area contributed by atoms with Crippen LogP contribution >= 0.6 is 11.3 Å². The summed E-state index contributed by atoms with van der Waals surface area (Å²) in [5.74, 6) is 0.956. The van der Waals surface area contributed by atoms with Gasteiger partial charge in [0.05, 0.1) is 6.61 Å². The first-order valence-corrected chi connectivity index (χ1v) is 7.93. The maximum absolute atomic E-state index is 5.65. The van der Waals surface area contributed by atoms with Crippen LogP contribution < -0.4 is 10.1 Å². The molecule has 1 aromatic heterocycles. The maximum atomic E-state index is 5.65. The molecule has 1 N–H and O–H groups in total. The van der Waals surface area contributed by atoms with Crippen molar-refractivity contribution >= 4 is 11.3 Å². The number of thiazole rings is 1. The monoisotopic (exact) mass is 290 g/mol. The second-order valence-corrected chi connectivity index (χ2v) is 6.13. The number of hydrogen-bond donors (Lipinski definition) is 1. The predicted molar refractivity (Wildman–Crippen MR) is 84.2 cm³/mol. The number of rotatable bonds is 8. The topological polar surface area (TPSA) is 34.1 Å². The van der Waals surface area contributed by atoms with E-state index in [0.29, 0.717) is 0 Å². The van der Waals surface area contributed by atoms with Crippen molar-refractivity contribution in [3.8, 4) is 5.75 Å². The van der Waals surface area contributed by atoms with Gasteiger partial charge < -0.3 is 10.1 Å². The minimum Gasteiger partial charge on any atom is -0.494 e. The standard InChI is InChI=1S/C16H22N2OS/c1-3-4-9-19-15-7-5-14(6-8-15)11-17-12-16-18-10-13(2)20-16/h5-8,10,17H,3-4,9,11-12H2,1-2H3. The summed E-state index contributed by atoms with van der Waals surface area (Å²) >= 11 is 1.74. The molecule has 0 radical (unpaired) electrons. The van der Waals surface area contributed by atoms with Crippen molar-refractivity contribution in [3.05, 3.63) is 45.9 Å². The van der Waals surface area contributed by atoms with Gasteiger partial charge in [0.2, 0.25) is 0 Å². The van der Waals surface area contributed by atoms with Gasteiger partial charge in [0.15, 0.2) is 0 Å². The molecule has 0 bridgehead atoms. The first kappa shape index (κ1) is 15.0. The van der Waals surface area contributed by atoms with Gasteiger partial charge in [-0.2, -0.15) is 0 Å². The van der Waals surface area contributed by atoms with E-state index >= 15 is 0 Å². The minimum absolute atomic E-state index is 0.803. The summed E-state index contributed by atoms with van der Waals surface area (Å²) in [6.45, 7) is 6.74. The third kappa shape index (κ3) is 4.94. The lowest BCUT2D eigenvalue weighted by Crippen LogP contribution is -2.12. The first-order valence-electron chi connectivity index (χ1n) is 7.11. The Morgan fingerprint density at radius 2 is 2.00 bits per heavy atom. The summed E-state index contributed by atoms with van der Waals surface area (Å²) in [6, 6.07) is 8.31. The smallest absolute Gasteiger partial charge is 0.119 e. The SMILES string of the molecule is CCCCOc1ccc(CNCc2ncc(C)s2)cc1. The Kier molecular flexibility index (Phi) is 6.02. The molecule has 4 heteroatoms. The van der Waals surface area contributed by atoms with E-state index in [1.807, 2.05) is 18.3 Å². The van der Waals surface area contributed by atoms with Crippen LogP contribution in [0.5, 0.6) is 5.75 Å². The van der Waals surface area contributed by atoms with Crippen molar-refractivity contribution in [2.75, 3.05) is 6.61 Å². The van der Waals surface area contributed by atoms with Crippen LogP contribution in [-0.2, 0) is 13.1 Å². The van der Waals surface area contributed by atoms with Crippen LogP contribution in [0.1, 0.15) is 35.2 Å². The van der Waals surface area contributed by atoms with Gasteiger partial charge in [-0.3, -0.25) is 0 Å². The van der Waals surface area contributed by atoms with Crippen LogP contribution in [-0.4, -0.2) is 11.6 Å². The molecule has 20 heavy (non-hydrogen) atoms. The zero-order valence-electron chi connectivity index (χ0n) is 12.2. The molecule has 3 nitrogen and oxygen atoms in total. The van der Waals surface area contributed by atoms with Crippen molar-refractivity contribution in [3.63, 3.8) is 0 Å². The maximum Gasteiger partial charge on any atom is 0.119 e. The zero-order chi connectivity index (χ0) is 14.2. The molecule has 1 heterocycles. The van der Waals surface area contributed by atoms with E-state index in [9.17, 15) is 0 Å². The quantitative estimate of drug-likeness (QED) is 0.748. The van der Waals surface area contributed by atoms with Gasteiger partial charge in [0.25, 0.3) is 0 Å². The van der Waals surface area contributed by atoms with Gasteiger partial charge in [-0.15, -0.1) is 11.3 Å². The van der Waals surface area contributed by atoms with E-state index in [1.165, 1.54) is 10.4 Å². The minimum atomic E-state index is 0.803. The van der Waals surface area contributed by atoms with Gasteiger partial charge >= 0.3 is 0 Å². The van der Waals surface area contributed by atoms with Gasteiger partial charge in [0, 0.05) is 24.2 Å². The van der Waals surface area contributed by atoms with Crippen LogP contribution in [0.4, 0.5) is 0 Å². The summed E-state index contributed by atoms with van der Waals surface area (Å²) in [6.07, 6.45) is 4.19. The Morgan fingerprint density at radius 3 is 2.65 bits per heavy atom. The Hall–Kier alpha value is -1.39. The molecular formula is C16H22N2OS. The molecule has 0 atom stereocenters. The van der Waals surface area contributed by atoms with Crippen molar-refractivity contribution in [2.45, 2.75) is 39.8 Å². The summed E-state index contributed by atoms with van der Waals surface area (Å²) < 4.78 is 5.65. The molecule has 0 aliphatic carbocycles. The number of aryl methyl sites for hydroxylation is 1. The fourth-order valence-corrected chi connectivity index (χ4v) is 2.59. The lowest BCUT2D eigenvalue weighted by atomic mass is 10.2. The van der Waals surface area contributed by atoms with Gasteiger partial charge in [-0.1, -0.05) is 25.5 Å². The molecule has 0 saturated heterocycles. The molecule has 2 aromatic rings. The zero-order valence-corrected chi connectivity index (χ0v) is 13.0. The number of hydrogen-bond acceptors (Lipinski definition) is 4. The summed E-state index contributed by atoms with van der Waals surface area (Å²) in [5.41, 5.74) is 1.26. The van der Waals surface area contributed by atoms with E-state index in [-0.39, 0.29) is 0 Å². The van der Waals surface area contributed by atoms with E-state index in [2.05, 4.69) is 36.3 Å². The molecule has 0 spiro atoms. The molecular weight excluding hydrogens is 268 g/mol. The fraction of sp³-hybridized carbons (Fsp3) is 0.438. The molecule has 0 unspecified atom stereocenters. The van der Waals surface area contributed by atoms with Crippen LogP contribution in [0.25, 0.3) is 0 Å². The Bertz CT molecular complexity index is 507. The number of ether oxygens (including phenoxy) is 1. The number of nitrogens with zero attached hydrogens (tertiary/aromatic N) is 1. The van der Waals surface area contributed by atoms with Crippen molar-refractivity contribution in [2.24, 2.45) is 0 Å². The third-order valence-electron chi connectivity index (χ3n) is 2.96. The largest absolute Gasteiger partial charge is 0.494 e. The lowest BCUT2D eigenvalue weighted by molar-refractivity contribution is 0.309. The average Bonchev–Trinajstić information content (AvgIpc) is 2.87. The van der Waals surface area contributed by atoms with E-state index in [4.69, 9.17) is 4.74 Å². The predicted octanol–water partition coefficient (Wildman–Crippen LogP) is 3.92. The second kappa shape index (κ2) is 8.02. The molecule has 0 fully saturated rings. The highest BCUT2D eigenvalue weighted by molar-refractivity contribution is 7.11. The highest BCUT2D eigenvalue weighted by Gasteiger charge is 1.99. The summed E-state index contributed by atoms with van der Waals surface area (Å²) in [4.78, 5) is 5.60. The van der Waals surface area contributed by atoms with Crippen LogP contribution in [0.15, 0.2) is 30.5 Å². The number of benzene rings is 1. The van der Waals surface area contributed by atoms with E-state index in [1.54, 1.807) is 11.3 Å². The van der Waals surface area contributed by atoms with Gasteiger partial charge in [0.1, 0.15) is 10.8 Å². The van der Waals surface area contributed by atoms with Crippen LogP contribution in [0, 0.1) is 6.92 Å². The number of aromatic nitrogens is 1. The normalized spacial score (nSPS) is 10.7. The average molecular weight is 290 g/mol. The number of unbranched alkanes of at least 4 members (excludes halogenated alkanes) is 1. The van der Waals surface area contributed by atoms with Crippen molar-refractivity contribution in [1.82, 2.24) is 10.3 Å². The summed E-state index contributed by atoms with van der Waals surface area (Å²) in [5, 5.41) is 4.55. The van der Waals surface area contributed by atoms with Gasteiger partial charge in [-0.25, -0.2) is 4.98 Å². The molecule has 2 rings (SSSR count). The highest BCUT2D eigenvalue weighted by atomic mass is 32.1. The molecule has 1 aromatic carbocycles. The Balaban J connectivity index is 1.73. The van der Waals surface area contributed by atoms with Gasteiger partial charge in [-0.05, 0) is 31.0 Å². The van der Waals surface area contributed by atoms with Crippen molar-refractivity contribution in [1.29, 1.82) is 0 Å². The summed E-state index contributed by atoms with van der Waals surface area (Å²) in [7, 11) is 0. The first-order chi connectivity index (χ1) is 9.78. The molecule has 0 amide bonds. The Morgan fingerprint density at radius 1 is 1.20 bits per heavy atom. The lowest BCUT2D eigenvalue weighted by Gasteiger charge is -2.07. The number of nitrogens with one attached hydrogen (secondary N) is 1. The van der Waals surface area contributed by atoms with E-state index in [0.717, 1.165) is 43.3 Å². The molecule has 0 aliphatic heterocycles.